The predicted octanol–water partition coefficient (Wildman–Crippen LogP) is 1.61. The largest absolute Gasteiger partial charge is 0.347 e. The Labute approximate surface area is 168 Å². The monoisotopic (exact) mass is 410 g/mol. The molecule has 0 aromatic heterocycles. The molecule has 1 aromatic carbocycles. The Kier molecular flexibility index (Phi) is 10.0. The Morgan fingerprint density at radius 2 is 1.89 bits per heavy atom. The van der Waals surface area contributed by atoms with Crippen molar-refractivity contribution in [3.05, 3.63) is 40.4 Å². The highest BCUT2D eigenvalue weighted by Gasteiger charge is 2.35. The number of thioether (sulfide) groups is 1. The first-order valence-electron chi connectivity index (χ1n) is 8.84. The van der Waals surface area contributed by atoms with E-state index in [2.05, 4.69) is 10.6 Å². The number of nitro groups is 1. The van der Waals surface area contributed by atoms with E-state index in [9.17, 15) is 24.5 Å². The normalized spacial score (nSPS) is 12.7. The van der Waals surface area contributed by atoms with Crippen LogP contribution >= 0.6 is 11.8 Å². The van der Waals surface area contributed by atoms with Crippen LogP contribution < -0.4 is 15.6 Å². The van der Waals surface area contributed by atoms with Crippen molar-refractivity contribution >= 4 is 35.7 Å². The number of nitrogens with one attached hydrogen (secondary N) is 2. The van der Waals surface area contributed by atoms with Gasteiger partial charge in [-0.1, -0.05) is 32.0 Å². The highest BCUT2D eigenvalue weighted by Crippen LogP contribution is 2.17. The molecule has 0 fully saturated rings. The average Bonchev–Trinajstić information content (AvgIpc) is 2.64. The number of hydrogen-bond acceptors (Lipinski definition) is 6. The SMILES string of the molecule is CSCC[C@H](NC=O)C(=O)N[C@@H](CC(C)C)C(=O)N(c1ccccc1)[N+](=O)[O-]. The van der Waals surface area contributed by atoms with Gasteiger partial charge in [0.05, 0.1) is 0 Å². The van der Waals surface area contributed by atoms with E-state index in [4.69, 9.17) is 0 Å². The third kappa shape index (κ3) is 7.18. The maximum Gasteiger partial charge on any atom is 0.311 e. The zero-order chi connectivity index (χ0) is 21.1. The molecule has 0 spiro atoms. The number of anilines is 1. The number of carbonyl (C=O) groups is 3. The summed E-state index contributed by atoms with van der Waals surface area (Å²) in [6.45, 7) is 3.70. The van der Waals surface area contributed by atoms with E-state index in [0.29, 0.717) is 23.6 Å². The summed E-state index contributed by atoms with van der Waals surface area (Å²) in [5, 5.41) is 16.2. The molecule has 0 bridgehead atoms. The van der Waals surface area contributed by atoms with Gasteiger partial charge in [0.15, 0.2) is 5.03 Å². The van der Waals surface area contributed by atoms with Gasteiger partial charge in [-0.15, -0.1) is 0 Å². The van der Waals surface area contributed by atoms with Gasteiger partial charge in [-0.2, -0.15) is 11.8 Å². The molecule has 2 atom stereocenters. The molecule has 0 unspecified atom stereocenters. The van der Waals surface area contributed by atoms with E-state index in [1.165, 1.54) is 23.9 Å². The quantitative estimate of drug-likeness (QED) is 0.307. The lowest BCUT2D eigenvalue weighted by molar-refractivity contribution is -0.484. The number of rotatable bonds is 12. The van der Waals surface area contributed by atoms with Crippen LogP contribution in [0.2, 0.25) is 0 Å². The average molecular weight is 410 g/mol. The number of benzene rings is 1. The molecule has 3 amide bonds. The van der Waals surface area contributed by atoms with Crippen molar-refractivity contribution in [3.63, 3.8) is 0 Å². The van der Waals surface area contributed by atoms with Crippen molar-refractivity contribution in [2.45, 2.75) is 38.8 Å². The van der Waals surface area contributed by atoms with Crippen molar-refractivity contribution in [2.75, 3.05) is 17.0 Å². The van der Waals surface area contributed by atoms with Crippen LogP contribution in [0.1, 0.15) is 26.7 Å². The van der Waals surface area contributed by atoms with Crippen LogP contribution in [0.15, 0.2) is 30.3 Å². The van der Waals surface area contributed by atoms with Gasteiger partial charge < -0.3 is 10.6 Å². The zero-order valence-electron chi connectivity index (χ0n) is 16.2. The Morgan fingerprint density at radius 1 is 1.25 bits per heavy atom. The van der Waals surface area contributed by atoms with Gasteiger partial charge in [0.2, 0.25) is 12.3 Å². The van der Waals surface area contributed by atoms with Gasteiger partial charge in [-0.05, 0) is 47.9 Å². The van der Waals surface area contributed by atoms with Crippen LogP contribution in [0.3, 0.4) is 0 Å². The van der Waals surface area contributed by atoms with Crippen LogP contribution in [0.5, 0.6) is 0 Å². The molecular formula is C18H26N4O5S. The first-order valence-corrected chi connectivity index (χ1v) is 10.2. The molecule has 0 aliphatic rings. The van der Waals surface area contributed by atoms with Gasteiger partial charge in [0.25, 0.3) is 0 Å². The van der Waals surface area contributed by atoms with Crippen molar-refractivity contribution in [3.8, 4) is 0 Å². The van der Waals surface area contributed by atoms with E-state index in [-0.39, 0.29) is 18.0 Å². The first kappa shape index (κ1) is 23.4. The number of para-hydroxylation sites is 1. The number of amides is 3. The maximum atomic E-state index is 12.9. The standard InChI is InChI=1S/C18H26N4O5S/c1-13(2)11-16(20-17(24)15(19-12-23)9-10-28-3)18(25)21(22(26)27)14-7-5-4-6-8-14/h4-8,12-13,15-16H,9-11H2,1-3H3,(H,19,23)(H,20,24)/t15-,16-/m0/s1. The van der Waals surface area contributed by atoms with Crippen LogP contribution in [0.25, 0.3) is 0 Å². The van der Waals surface area contributed by atoms with E-state index in [1.54, 1.807) is 18.2 Å². The lowest BCUT2D eigenvalue weighted by Gasteiger charge is -2.24. The highest BCUT2D eigenvalue weighted by molar-refractivity contribution is 7.98. The van der Waals surface area contributed by atoms with Crippen molar-refractivity contribution < 1.29 is 19.4 Å². The zero-order valence-corrected chi connectivity index (χ0v) is 17.0. The summed E-state index contributed by atoms with van der Waals surface area (Å²) in [5.41, 5.74) is 0.102. The van der Waals surface area contributed by atoms with Gasteiger partial charge >= 0.3 is 5.91 Å². The van der Waals surface area contributed by atoms with Crippen molar-refractivity contribution in [1.82, 2.24) is 10.6 Å². The molecule has 1 rings (SSSR count). The van der Waals surface area contributed by atoms with Crippen LogP contribution in [0.4, 0.5) is 5.69 Å². The summed E-state index contributed by atoms with van der Waals surface area (Å²) >= 11 is 1.51. The van der Waals surface area contributed by atoms with Crippen LogP contribution in [-0.4, -0.2) is 47.3 Å². The minimum atomic E-state index is -1.09. The minimum absolute atomic E-state index is 0.00213. The summed E-state index contributed by atoms with van der Waals surface area (Å²) in [4.78, 5) is 47.8. The smallest absolute Gasteiger partial charge is 0.311 e. The molecule has 28 heavy (non-hydrogen) atoms. The topological polar surface area (TPSA) is 122 Å². The van der Waals surface area contributed by atoms with Crippen molar-refractivity contribution in [2.24, 2.45) is 5.92 Å². The molecule has 154 valence electrons. The Morgan fingerprint density at radius 3 is 2.39 bits per heavy atom. The molecule has 0 saturated heterocycles. The second-order valence-corrected chi connectivity index (χ2v) is 7.52. The van der Waals surface area contributed by atoms with Gasteiger partial charge in [-0.25, -0.2) is 10.1 Å². The van der Waals surface area contributed by atoms with Gasteiger partial charge in [-0.3, -0.25) is 14.4 Å². The Bertz CT molecular complexity index is 671. The summed E-state index contributed by atoms with van der Waals surface area (Å²) in [6.07, 6.45) is 2.90. The first-order chi connectivity index (χ1) is 13.3. The lowest BCUT2D eigenvalue weighted by Crippen LogP contribution is -2.55. The summed E-state index contributed by atoms with van der Waals surface area (Å²) < 4.78 is 0. The van der Waals surface area contributed by atoms with E-state index in [0.717, 1.165) is 0 Å². The third-order valence-electron chi connectivity index (χ3n) is 3.89. The molecule has 0 aliphatic carbocycles. The van der Waals surface area contributed by atoms with Crippen LogP contribution in [0, 0.1) is 16.0 Å². The van der Waals surface area contributed by atoms with Gasteiger partial charge in [0.1, 0.15) is 17.8 Å². The molecule has 1 aromatic rings. The molecular weight excluding hydrogens is 384 g/mol. The second-order valence-electron chi connectivity index (χ2n) is 6.53. The summed E-state index contributed by atoms with van der Waals surface area (Å²) in [7, 11) is 0. The van der Waals surface area contributed by atoms with E-state index in [1.807, 2.05) is 20.1 Å². The fourth-order valence-corrected chi connectivity index (χ4v) is 3.06. The van der Waals surface area contributed by atoms with E-state index < -0.39 is 28.9 Å². The predicted molar refractivity (Wildman–Crippen MR) is 108 cm³/mol. The number of nitrogens with zero attached hydrogens (tertiary/aromatic N) is 2. The van der Waals surface area contributed by atoms with E-state index >= 15 is 0 Å². The molecule has 9 nitrogen and oxygen atoms in total. The summed E-state index contributed by atoms with van der Waals surface area (Å²) in [6, 6.07) is 5.84. The summed E-state index contributed by atoms with van der Waals surface area (Å²) in [5.74, 6) is -0.751. The van der Waals surface area contributed by atoms with Crippen molar-refractivity contribution in [1.29, 1.82) is 0 Å². The lowest BCUT2D eigenvalue weighted by atomic mass is 10.0. The van der Waals surface area contributed by atoms with Crippen LogP contribution in [-0.2, 0) is 14.4 Å². The Hall–Kier alpha value is -2.62. The molecule has 0 saturated carbocycles. The minimum Gasteiger partial charge on any atom is -0.347 e. The molecule has 0 aliphatic heterocycles. The second kappa shape index (κ2) is 12.0. The molecule has 2 N–H and O–H groups in total. The molecule has 10 heteroatoms. The molecule has 0 heterocycles. The van der Waals surface area contributed by atoms with Gasteiger partial charge in [0, 0.05) is 0 Å². The fraction of sp³-hybridized carbons (Fsp3) is 0.500. The highest BCUT2D eigenvalue weighted by atomic mass is 32.2. The fourth-order valence-electron chi connectivity index (χ4n) is 2.59. The molecule has 0 radical (unpaired) electrons. The third-order valence-corrected chi connectivity index (χ3v) is 4.53. The Balaban J connectivity index is 3.07. The number of hydrogen-bond donors (Lipinski definition) is 2. The maximum absolute atomic E-state index is 12.9. The number of hydrazine groups is 1. The number of carbonyl (C=O) groups excluding carboxylic acids is 3.